The molecule has 13 heteroatoms. The molecule has 0 aliphatic carbocycles. The van der Waals surface area contributed by atoms with Crippen LogP contribution < -0.4 is 11.1 Å². The molecule has 1 unspecified atom stereocenters. The van der Waals surface area contributed by atoms with Crippen molar-refractivity contribution in [2.24, 2.45) is 12.8 Å². The highest BCUT2D eigenvalue weighted by molar-refractivity contribution is 7.13. The Hall–Kier alpha value is -2.84. The number of aromatic nitrogens is 3. The van der Waals surface area contributed by atoms with Crippen LogP contribution in [0.25, 0.3) is 10.6 Å². The quantitative estimate of drug-likeness (QED) is 0.457. The van der Waals surface area contributed by atoms with Crippen molar-refractivity contribution in [3.8, 4) is 10.6 Å². The Morgan fingerprint density at radius 2 is 2.08 bits per heavy atom. The zero-order valence-electron chi connectivity index (χ0n) is 19.9. The number of benzene rings is 1. The van der Waals surface area contributed by atoms with E-state index in [1.54, 1.807) is 7.05 Å². The molecule has 4 atom stereocenters. The Bertz CT molecular complexity index is 1270. The molecule has 0 radical (unpaired) electrons. The SMILES string of the molecule is Cn1ncc(NC(=O)c2csc(-c3c(F)cc(C4(O)CCOC4)cc3F)n2)c1[C@@H]1CC[C@@H](N)[C@H](F)CO1. The van der Waals surface area contributed by atoms with E-state index in [2.05, 4.69) is 15.4 Å². The number of carbonyl (C=O) groups is 1. The molecule has 9 nitrogen and oxygen atoms in total. The Morgan fingerprint density at radius 3 is 2.78 bits per heavy atom. The van der Waals surface area contributed by atoms with Crippen LogP contribution in [0.3, 0.4) is 0 Å². The van der Waals surface area contributed by atoms with E-state index in [1.807, 2.05) is 0 Å². The normalized spacial score (nSPS) is 26.3. The van der Waals surface area contributed by atoms with Crippen molar-refractivity contribution in [3.05, 3.63) is 52.3 Å². The first-order valence-corrected chi connectivity index (χ1v) is 12.6. The number of amides is 1. The lowest BCUT2D eigenvalue weighted by molar-refractivity contribution is 0.0227. The van der Waals surface area contributed by atoms with Crippen LogP contribution in [0.5, 0.6) is 0 Å². The number of anilines is 1. The van der Waals surface area contributed by atoms with Crippen molar-refractivity contribution in [2.75, 3.05) is 25.1 Å². The van der Waals surface area contributed by atoms with Crippen molar-refractivity contribution >= 4 is 22.9 Å². The standard InChI is InChI=1S/C24H26F3N5O4S/c1-32-21(19-3-2-16(28)15(27)9-36-19)17(8-29-32)30-22(33)18-10-37-23(31-18)20-13(25)6-12(7-14(20)26)24(34)4-5-35-11-24/h6-8,10,15-16,19,34H,2-5,9,11,28H2,1H3,(H,30,33)/t15-,16-,19+,24?/m1/s1. The van der Waals surface area contributed by atoms with Crippen LogP contribution in [0.2, 0.25) is 0 Å². The fourth-order valence-corrected chi connectivity index (χ4v) is 5.43. The third kappa shape index (κ3) is 5.01. The van der Waals surface area contributed by atoms with Crippen LogP contribution >= 0.6 is 11.3 Å². The summed E-state index contributed by atoms with van der Waals surface area (Å²) in [6, 6.07) is 1.50. The van der Waals surface area contributed by atoms with Gasteiger partial charge in [0.25, 0.3) is 5.91 Å². The van der Waals surface area contributed by atoms with E-state index in [1.165, 1.54) is 16.3 Å². The Morgan fingerprint density at radius 1 is 1.32 bits per heavy atom. The second-order valence-electron chi connectivity index (χ2n) is 9.29. The van der Waals surface area contributed by atoms with Crippen molar-refractivity contribution in [1.29, 1.82) is 0 Å². The summed E-state index contributed by atoms with van der Waals surface area (Å²) in [6.07, 6.45) is 0.713. The second-order valence-corrected chi connectivity index (χ2v) is 10.1. The fourth-order valence-electron chi connectivity index (χ4n) is 4.59. The average Bonchev–Trinajstić information content (AvgIpc) is 3.58. The molecule has 5 rings (SSSR count). The minimum atomic E-state index is -1.45. The molecular weight excluding hydrogens is 511 g/mol. The molecule has 2 saturated heterocycles. The number of nitrogens with zero attached hydrogens (tertiary/aromatic N) is 3. The van der Waals surface area contributed by atoms with Crippen LogP contribution in [0.15, 0.2) is 23.7 Å². The molecule has 198 valence electrons. The van der Waals surface area contributed by atoms with Crippen LogP contribution in [0.4, 0.5) is 18.9 Å². The van der Waals surface area contributed by atoms with Crippen LogP contribution in [0, 0.1) is 11.6 Å². The van der Waals surface area contributed by atoms with E-state index in [0.717, 1.165) is 23.5 Å². The van der Waals surface area contributed by atoms with Gasteiger partial charge in [-0.25, -0.2) is 18.2 Å². The molecule has 3 aromatic rings. The predicted molar refractivity (Wildman–Crippen MR) is 129 cm³/mol. The minimum absolute atomic E-state index is 0.0251. The van der Waals surface area contributed by atoms with E-state index in [0.29, 0.717) is 30.8 Å². The van der Waals surface area contributed by atoms with Gasteiger partial charge < -0.3 is 25.6 Å². The van der Waals surface area contributed by atoms with Gasteiger partial charge in [-0.15, -0.1) is 11.3 Å². The predicted octanol–water partition coefficient (Wildman–Crippen LogP) is 3.20. The Balaban J connectivity index is 1.35. The molecule has 2 aliphatic heterocycles. The minimum Gasteiger partial charge on any atom is -0.383 e. The number of halogens is 3. The first-order chi connectivity index (χ1) is 17.7. The maximum Gasteiger partial charge on any atom is 0.275 e. The second kappa shape index (κ2) is 10.1. The van der Waals surface area contributed by atoms with E-state index >= 15 is 0 Å². The first kappa shape index (κ1) is 25.8. The Labute approximate surface area is 214 Å². The summed E-state index contributed by atoms with van der Waals surface area (Å²) in [5.74, 6) is -2.41. The summed E-state index contributed by atoms with van der Waals surface area (Å²) in [7, 11) is 1.68. The van der Waals surface area contributed by atoms with Crippen molar-refractivity contribution in [3.63, 3.8) is 0 Å². The molecule has 37 heavy (non-hydrogen) atoms. The number of rotatable bonds is 5. The number of aliphatic hydroxyl groups is 1. The third-order valence-corrected chi connectivity index (χ3v) is 7.61. The summed E-state index contributed by atoms with van der Waals surface area (Å²) in [5.41, 5.74) is 4.92. The van der Waals surface area contributed by atoms with Gasteiger partial charge in [0, 0.05) is 31.5 Å². The number of nitrogens with two attached hydrogens (primary N) is 1. The highest BCUT2D eigenvalue weighted by atomic mass is 32.1. The van der Waals surface area contributed by atoms with E-state index < -0.39 is 41.5 Å². The summed E-state index contributed by atoms with van der Waals surface area (Å²) >= 11 is 0.908. The number of thiazole rings is 1. The zero-order chi connectivity index (χ0) is 26.3. The molecule has 1 aromatic carbocycles. The molecule has 1 amide bonds. The molecule has 2 aliphatic rings. The van der Waals surface area contributed by atoms with Gasteiger partial charge in [0.2, 0.25) is 0 Å². The van der Waals surface area contributed by atoms with Crippen molar-refractivity contribution in [1.82, 2.24) is 14.8 Å². The van der Waals surface area contributed by atoms with Crippen molar-refractivity contribution < 1.29 is 32.5 Å². The Kier molecular flexibility index (Phi) is 7.07. The van der Waals surface area contributed by atoms with Crippen LogP contribution in [0.1, 0.15) is 47.1 Å². The molecule has 0 saturated carbocycles. The van der Waals surface area contributed by atoms with Gasteiger partial charge in [-0.1, -0.05) is 0 Å². The van der Waals surface area contributed by atoms with Gasteiger partial charge in [-0.05, 0) is 30.5 Å². The highest BCUT2D eigenvalue weighted by Crippen LogP contribution is 2.37. The molecule has 4 N–H and O–H groups in total. The molecule has 2 fully saturated rings. The highest BCUT2D eigenvalue weighted by Gasteiger charge is 2.36. The van der Waals surface area contributed by atoms with E-state index in [9.17, 15) is 23.1 Å². The molecule has 0 spiro atoms. The molecule has 0 bridgehead atoms. The van der Waals surface area contributed by atoms with Gasteiger partial charge in [-0.3, -0.25) is 9.48 Å². The number of hydrogen-bond donors (Lipinski definition) is 3. The third-order valence-electron chi connectivity index (χ3n) is 6.75. The monoisotopic (exact) mass is 537 g/mol. The summed E-state index contributed by atoms with van der Waals surface area (Å²) < 4.78 is 56.3. The summed E-state index contributed by atoms with van der Waals surface area (Å²) in [6.45, 7) is 0.0816. The van der Waals surface area contributed by atoms with Gasteiger partial charge in [-0.2, -0.15) is 5.10 Å². The number of aryl methyl sites for hydroxylation is 1. The maximum atomic E-state index is 14.9. The lowest BCUT2D eigenvalue weighted by atomic mass is 9.92. The van der Waals surface area contributed by atoms with Crippen molar-refractivity contribution in [2.45, 2.75) is 43.2 Å². The van der Waals surface area contributed by atoms with Crippen LogP contribution in [-0.4, -0.2) is 57.8 Å². The fraction of sp³-hybridized carbons (Fsp3) is 0.458. The van der Waals surface area contributed by atoms with Gasteiger partial charge in [0.05, 0.1) is 36.4 Å². The molecule has 2 aromatic heterocycles. The van der Waals surface area contributed by atoms with Gasteiger partial charge in [0.15, 0.2) is 0 Å². The topological polar surface area (TPSA) is 125 Å². The lowest BCUT2D eigenvalue weighted by Crippen LogP contribution is -2.32. The lowest BCUT2D eigenvalue weighted by Gasteiger charge is -2.21. The zero-order valence-corrected chi connectivity index (χ0v) is 20.7. The number of alkyl halides is 1. The molecular formula is C24H26F3N5O4S. The number of nitrogens with one attached hydrogen (secondary N) is 1. The summed E-state index contributed by atoms with van der Waals surface area (Å²) in [5, 5.41) is 18.8. The number of ether oxygens (including phenoxy) is 2. The summed E-state index contributed by atoms with van der Waals surface area (Å²) in [4.78, 5) is 17.1. The largest absolute Gasteiger partial charge is 0.383 e. The first-order valence-electron chi connectivity index (χ1n) is 11.8. The number of carbonyl (C=O) groups excluding carboxylic acids is 1. The van der Waals surface area contributed by atoms with Crippen LogP contribution in [-0.2, 0) is 22.1 Å². The molecule has 4 heterocycles. The number of hydrogen-bond acceptors (Lipinski definition) is 8. The van der Waals surface area contributed by atoms with E-state index in [4.69, 9.17) is 15.2 Å². The maximum absolute atomic E-state index is 14.9. The van der Waals surface area contributed by atoms with E-state index in [-0.39, 0.29) is 41.5 Å². The van der Waals surface area contributed by atoms with Gasteiger partial charge in [0.1, 0.15) is 40.2 Å². The smallest absolute Gasteiger partial charge is 0.275 e. The average molecular weight is 538 g/mol. The van der Waals surface area contributed by atoms with Gasteiger partial charge >= 0.3 is 0 Å².